The van der Waals surface area contributed by atoms with Crippen LogP contribution in [0.5, 0.6) is 5.75 Å². The van der Waals surface area contributed by atoms with Crippen LogP contribution in [0.3, 0.4) is 0 Å². The van der Waals surface area contributed by atoms with E-state index in [-0.39, 0.29) is 11.7 Å². The maximum atomic E-state index is 12.2. The van der Waals surface area contributed by atoms with Gasteiger partial charge in [0.25, 0.3) is 0 Å². The molecular weight excluding hydrogens is 408 g/mol. The van der Waals surface area contributed by atoms with Crippen LogP contribution in [0.2, 0.25) is 0 Å². The Morgan fingerprint density at radius 2 is 2.00 bits per heavy atom. The molecule has 8 nitrogen and oxygen atoms in total. The van der Waals surface area contributed by atoms with Crippen LogP contribution in [0.4, 0.5) is 5.13 Å². The van der Waals surface area contributed by atoms with Gasteiger partial charge in [0.1, 0.15) is 17.4 Å². The van der Waals surface area contributed by atoms with Crippen LogP contribution in [-0.2, 0) is 18.4 Å². The smallest absolute Gasteiger partial charge is 0.236 e. The molecule has 0 aliphatic heterocycles. The van der Waals surface area contributed by atoms with E-state index in [4.69, 9.17) is 4.74 Å². The van der Waals surface area contributed by atoms with Crippen molar-refractivity contribution in [2.45, 2.75) is 44.4 Å². The molecule has 0 radical (unpaired) electrons. The van der Waals surface area contributed by atoms with Gasteiger partial charge in [0, 0.05) is 13.0 Å². The minimum absolute atomic E-state index is 0.134. The second-order valence-electron chi connectivity index (χ2n) is 7.02. The number of nitrogens with zero attached hydrogens (tertiary/aromatic N) is 5. The molecule has 0 atom stereocenters. The number of hydrogen-bond donors (Lipinski definition) is 1. The first-order chi connectivity index (χ1) is 14.0. The van der Waals surface area contributed by atoms with Crippen LogP contribution < -0.4 is 10.1 Å². The number of hydrogen-bond acceptors (Lipinski definition) is 8. The summed E-state index contributed by atoms with van der Waals surface area (Å²) in [4.78, 5) is 12.2. The van der Waals surface area contributed by atoms with Gasteiger partial charge in [0.15, 0.2) is 11.0 Å². The number of nitrogens with one attached hydrogen (secondary N) is 1. The first-order valence-electron chi connectivity index (χ1n) is 9.34. The van der Waals surface area contributed by atoms with Crippen LogP contribution in [0.1, 0.15) is 40.7 Å². The van der Waals surface area contributed by atoms with Gasteiger partial charge in [-0.3, -0.25) is 10.1 Å². The number of para-hydroxylation sites is 1. The van der Waals surface area contributed by atoms with E-state index in [1.54, 1.807) is 0 Å². The molecule has 10 heteroatoms. The molecule has 1 amide bonds. The van der Waals surface area contributed by atoms with Gasteiger partial charge in [-0.2, -0.15) is 0 Å². The van der Waals surface area contributed by atoms with Gasteiger partial charge in [-0.05, 0) is 37.8 Å². The summed E-state index contributed by atoms with van der Waals surface area (Å²) in [5.74, 6) is 2.20. The molecular formula is C19H22N6O2S2. The number of aryl methyl sites for hydroxylation is 2. The number of carbonyl (C=O) groups is 1. The molecule has 0 spiro atoms. The van der Waals surface area contributed by atoms with Crippen molar-refractivity contribution in [2.75, 3.05) is 11.1 Å². The number of carbonyl (C=O) groups excluding carboxylic acids is 1. The van der Waals surface area contributed by atoms with Crippen molar-refractivity contribution in [3.05, 3.63) is 40.2 Å². The fourth-order valence-electron chi connectivity index (χ4n) is 2.83. The SMILES string of the molecule is Cc1cccc(C)c1OCc1nnc(SCC(=O)Nc2nnc(C3CC3)s2)n1C. The summed E-state index contributed by atoms with van der Waals surface area (Å²) in [5, 5.41) is 21.6. The maximum absolute atomic E-state index is 12.2. The van der Waals surface area contributed by atoms with E-state index < -0.39 is 0 Å². The lowest BCUT2D eigenvalue weighted by molar-refractivity contribution is -0.113. The Labute approximate surface area is 177 Å². The Balaban J connectivity index is 1.30. The summed E-state index contributed by atoms with van der Waals surface area (Å²) in [7, 11) is 1.87. The molecule has 1 aliphatic carbocycles. The van der Waals surface area contributed by atoms with E-state index in [2.05, 4.69) is 25.7 Å². The molecule has 1 saturated carbocycles. The predicted octanol–water partition coefficient (Wildman–Crippen LogP) is 3.47. The number of ether oxygens (including phenoxy) is 1. The molecule has 1 aliphatic rings. The fraction of sp³-hybridized carbons (Fsp3) is 0.421. The topological polar surface area (TPSA) is 94.8 Å². The Bertz CT molecular complexity index is 1010. The molecule has 2 aromatic heterocycles. The van der Waals surface area contributed by atoms with Crippen molar-refractivity contribution in [1.82, 2.24) is 25.0 Å². The highest BCUT2D eigenvalue weighted by atomic mass is 32.2. The van der Waals surface area contributed by atoms with Crippen molar-refractivity contribution in [3.8, 4) is 5.75 Å². The summed E-state index contributed by atoms with van der Waals surface area (Å²) in [6.45, 7) is 4.35. The Morgan fingerprint density at radius 3 is 2.72 bits per heavy atom. The molecule has 152 valence electrons. The second kappa shape index (κ2) is 8.50. The first-order valence-corrected chi connectivity index (χ1v) is 11.1. The van der Waals surface area contributed by atoms with Crippen LogP contribution in [-0.4, -0.2) is 36.6 Å². The van der Waals surface area contributed by atoms with Crippen LogP contribution in [0, 0.1) is 13.8 Å². The van der Waals surface area contributed by atoms with Crippen molar-refractivity contribution in [3.63, 3.8) is 0 Å². The van der Waals surface area contributed by atoms with Crippen molar-refractivity contribution < 1.29 is 9.53 Å². The third-order valence-corrected chi connectivity index (χ3v) is 6.65. The van der Waals surface area contributed by atoms with Crippen LogP contribution in [0.15, 0.2) is 23.4 Å². The zero-order valence-corrected chi connectivity index (χ0v) is 18.1. The lowest BCUT2D eigenvalue weighted by atomic mass is 10.1. The van der Waals surface area contributed by atoms with E-state index in [1.807, 2.05) is 43.7 Å². The minimum Gasteiger partial charge on any atom is -0.485 e. The number of benzene rings is 1. The highest BCUT2D eigenvalue weighted by molar-refractivity contribution is 7.99. The van der Waals surface area contributed by atoms with Crippen molar-refractivity contribution in [1.29, 1.82) is 0 Å². The molecule has 29 heavy (non-hydrogen) atoms. The van der Waals surface area contributed by atoms with Gasteiger partial charge in [0.05, 0.1) is 5.75 Å². The summed E-state index contributed by atoms with van der Waals surface area (Å²) >= 11 is 2.78. The van der Waals surface area contributed by atoms with E-state index in [0.717, 1.165) is 21.9 Å². The van der Waals surface area contributed by atoms with E-state index >= 15 is 0 Å². The zero-order chi connectivity index (χ0) is 20.4. The number of thioether (sulfide) groups is 1. The van der Waals surface area contributed by atoms with Crippen molar-refractivity contribution >= 4 is 34.1 Å². The number of amides is 1. The highest BCUT2D eigenvalue weighted by Crippen LogP contribution is 2.42. The average molecular weight is 431 g/mol. The zero-order valence-electron chi connectivity index (χ0n) is 16.5. The summed E-state index contributed by atoms with van der Waals surface area (Å²) in [6, 6.07) is 6.04. The lowest BCUT2D eigenvalue weighted by Gasteiger charge is -2.11. The number of aromatic nitrogens is 5. The predicted molar refractivity (Wildman–Crippen MR) is 112 cm³/mol. The number of anilines is 1. The molecule has 4 rings (SSSR count). The third-order valence-electron chi connectivity index (χ3n) is 4.63. The average Bonchev–Trinajstić information content (AvgIpc) is 3.34. The quantitative estimate of drug-likeness (QED) is 0.547. The largest absolute Gasteiger partial charge is 0.485 e. The van der Waals surface area contributed by atoms with Crippen LogP contribution >= 0.6 is 23.1 Å². The Hall–Kier alpha value is -2.46. The summed E-state index contributed by atoms with van der Waals surface area (Å²) in [6.07, 6.45) is 2.33. The normalized spacial score (nSPS) is 13.5. The summed E-state index contributed by atoms with van der Waals surface area (Å²) < 4.78 is 7.80. The highest BCUT2D eigenvalue weighted by Gasteiger charge is 2.27. The molecule has 3 aromatic rings. The Morgan fingerprint density at radius 1 is 1.24 bits per heavy atom. The molecule has 1 fully saturated rings. The lowest BCUT2D eigenvalue weighted by Crippen LogP contribution is -2.14. The van der Waals surface area contributed by atoms with Crippen LogP contribution in [0.25, 0.3) is 0 Å². The van der Waals surface area contributed by atoms with Gasteiger partial charge < -0.3 is 9.30 Å². The van der Waals surface area contributed by atoms with Gasteiger partial charge in [-0.25, -0.2) is 0 Å². The maximum Gasteiger partial charge on any atom is 0.236 e. The monoisotopic (exact) mass is 430 g/mol. The van der Waals surface area contributed by atoms with Crippen molar-refractivity contribution in [2.24, 2.45) is 7.05 Å². The number of rotatable bonds is 8. The van der Waals surface area contributed by atoms with E-state index in [9.17, 15) is 4.79 Å². The standard InChI is InChI=1S/C19H22N6O2S2/c1-11-5-4-6-12(2)16(11)27-9-14-21-24-19(25(14)3)28-10-15(26)20-18-23-22-17(29-18)13-7-8-13/h4-6,13H,7-10H2,1-3H3,(H,20,23,26). The van der Waals surface area contributed by atoms with Gasteiger partial charge in [-0.15, -0.1) is 20.4 Å². The third kappa shape index (κ3) is 4.76. The minimum atomic E-state index is -0.134. The fourth-order valence-corrected chi connectivity index (χ4v) is 4.48. The van der Waals surface area contributed by atoms with Gasteiger partial charge >= 0.3 is 0 Å². The van der Waals surface area contributed by atoms with Gasteiger partial charge in [-0.1, -0.05) is 41.3 Å². The molecule has 2 heterocycles. The molecule has 0 saturated heterocycles. The molecule has 0 unspecified atom stereocenters. The van der Waals surface area contributed by atoms with E-state index in [1.165, 1.54) is 35.9 Å². The van der Waals surface area contributed by atoms with Gasteiger partial charge in [0.2, 0.25) is 11.0 Å². The molecule has 1 aromatic carbocycles. The molecule has 0 bridgehead atoms. The first kappa shape index (κ1) is 19.8. The molecule has 1 N–H and O–H groups in total. The second-order valence-corrected chi connectivity index (χ2v) is 8.98. The Kier molecular flexibility index (Phi) is 5.81. The van der Waals surface area contributed by atoms with E-state index in [0.29, 0.717) is 28.6 Å². The summed E-state index contributed by atoms with van der Waals surface area (Å²) in [5.41, 5.74) is 2.17.